The number of H-pyrrole nitrogens is 1. The summed E-state index contributed by atoms with van der Waals surface area (Å²) >= 11 is 0. The minimum atomic E-state index is 0.753. The first-order valence-electron chi connectivity index (χ1n) is 5.53. The molecule has 0 amide bonds. The number of fused-ring (bicyclic) bond motifs is 2. The summed E-state index contributed by atoms with van der Waals surface area (Å²) in [5, 5.41) is 0. The molecule has 1 N–H and O–H groups in total. The summed E-state index contributed by atoms with van der Waals surface area (Å²) in [6.45, 7) is 2.34. The van der Waals surface area contributed by atoms with Gasteiger partial charge in [0.1, 0.15) is 0 Å². The van der Waals surface area contributed by atoms with Crippen molar-refractivity contribution in [1.29, 1.82) is 0 Å². The topological polar surface area (TPSA) is 15.8 Å². The first-order chi connectivity index (χ1) is 6.36. The van der Waals surface area contributed by atoms with Crippen molar-refractivity contribution in [2.45, 2.75) is 51.4 Å². The van der Waals surface area contributed by atoms with E-state index in [0.717, 1.165) is 5.92 Å². The highest BCUT2D eigenvalue weighted by molar-refractivity contribution is 5.20. The van der Waals surface area contributed by atoms with Crippen molar-refractivity contribution < 1.29 is 0 Å². The third kappa shape index (κ3) is 2.15. The van der Waals surface area contributed by atoms with Crippen molar-refractivity contribution in [1.82, 2.24) is 4.98 Å². The van der Waals surface area contributed by atoms with Gasteiger partial charge in [-0.25, -0.2) is 0 Å². The second-order valence-electron chi connectivity index (χ2n) is 4.31. The van der Waals surface area contributed by atoms with Gasteiger partial charge in [0.25, 0.3) is 0 Å². The van der Waals surface area contributed by atoms with Crippen molar-refractivity contribution in [3.8, 4) is 0 Å². The van der Waals surface area contributed by atoms with Gasteiger partial charge in [0.15, 0.2) is 0 Å². The Kier molecular flexibility index (Phi) is 2.72. The van der Waals surface area contributed by atoms with Gasteiger partial charge in [-0.05, 0) is 36.8 Å². The van der Waals surface area contributed by atoms with E-state index in [-0.39, 0.29) is 0 Å². The van der Waals surface area contributed by atoms with Crippen LogP contribution < -0.4 is 0 Å². The second kappa shape index (κ2) is 3.99. The van der Waals surface area contributed by atoms with Gasteiger partial charge in [0.2, 0.25) is 0 Å². The van der Waals surface area contributed by atoms with Crippen LogP contribution in [0.2, 0.25) is 0 Å². The van der Waals surface area contributed by atoms with E-state index in [1.807, 2.05) is 0 Å². The van der Waals surface area contributed by atoms with Gasteiger partial charge in [-0.2, -0.15) is 0 Å². The second-order valence-corrected chi connectivity index (χ2v) is 4.31. The molecule has 1 aromatic heterocycles. The van der Waals surface area contributed by atoms with Crippen LogP contribution in [0.25, 0.3) is 0 Å². The van der Waals surface area contributed by atoms with E-state index in [9.17, 15) is 0 Å². The summed E-state index contributed by atoms with van der Waals surface area (Å²) in [6, 6.07) is 2.36. The molecule has 72 valence electrons. The summed E-state index contributed by atoms with van der Waals surface area (Å²) in [5.74, 6) is 0.753. The molecular weight excluding hydrogens is 158 g/mol. The van der Waals surface area contributed by atoms with Crippen molar-refractivity contribution in [3.05, 3.63) is 23.5 Å². The molecule has 2 rings (SSSR count). The lowest BCUT2D eigenvalue weighted by Crippen LogP contribution is -1.93. The Hall–Kier alpha value is -0.720. The fourth-order valence-corrected chi connectivity index (χ4v) is 2.18. The summed E-state index contributed by atoms with van der Waals surface area (Å²) in [5.41, 5.74) is 2.95. The minimum absolute atomic E-state index is 0.753. The third-order valence-electron chi connectivity index (χ3n) is 3.17. The fraction of sp³-hybridized carbons (Fsp3) is 0.667. The van der Waals surface area contributed by atoms with Crippen LogP contribution in [0, 0.1) is 0 Å². The molecule has 0 saturated heterocycles. The van der Waals surface area contributed by atoms with Crippen molar-refractivity contribution in [3.63, 3.8) is 0 Å². The van der Waals surface area contributed by atoms with E-state index in [1.54, 1.807) is 0 Å². The lowest BCUT2D eigenvalue weighted by atomic mass is 9.95. The zero-order valence-electron chi connectivity index (χ0n) is 8.47. The van der Waals surface area contributed by atoms with Gasteiger partial charge in [-0.3, -0.25) is 0 Å². The molecule has 0 radical (unpaired) electrons. The molecule has 1 atom stereocenters. The van der Waals surface area contributed by atoms with Crippen molar-refractivity contribution >= 4 is 0 Å². The first kappa shape index (κ1) is 8.86. The number of aromatic nitrogens is 1. The van der Waals surface area contributed by atoms with Crippen LogP contribution in [-0.4, -0.2) is 4.98 Å². The van der Waals surface area contributed by atoms with Crippen LogP contribution in [0.15, 0.2) is 12.3 Å². The molecule has 0 saturated carbocycles. The molecule has 1 aliphatic carbocycles. The van der Waals surface area contributed by atoms with Crippen LogP contribution in [0.4, 0.5) is 0 Å². The number of hydrogen-bond acceptors (Lipinski definition) is 0. The van der Waals surface area contributed by atoms with Gasteiger partial charge in [0, 0.05) is 11.9 Å². The van der Waals surface area contributed by atoms with Crippen molar-refractivity contribution in [2.75, 3.05) is 0 Å². The maximum Gasteiger partial charge on any atom is 0.0150 e. The molecule has 1 heteroatoms. The molecule has 0 aliphatic heterocycles. The van der Waals surface area contributed by atoms with Crippen LogP contribution in [-0.2, 0) is 6.42 Å². The van der Waals surface area contributed by atoms with Gasteiger partial charge in [-0.15, -0.1) is 0 Å². The molecule has 1 heterocycles. The standard InChI is InChI=1S/C12H19N/c1-10-6-4-2-3-5-7-12-8-11(10)9-13-12/h8-10,13H,2-7H2,1H3. The maximum atomic E-state index is 3.38. The average molecular weight is 177 g/mol. The normalized spacial score (nSPS) is 24.2. The molecule has 1 aliphatic rings. The molecule has 1 unspecified atom stereocenters. The lowest BCUT2D eigenvalue weighted by Gasteiger charge is -2.10. The van der Waals surface area contributed by atoms with E-state index in [4.69, 9.17) is 0 Å². The molecule has 0 aromatic carbocycles. The fourth-order valence-electron chi connectivity index (χ4n) is 2.18. The van der Waals surface area contributed by atoms with Crippen LogP contribution in [0.3, 0.4) is 0 Å². The Morgan fingerprint density at radius 2 is 2.08 bits per heavy atom. The average Bonchev–Trinajstić information content (AvgIpc) is 2.58. The van der Waals surface area contributed by atoms with E-state index in [2.05, 4.69) is 24.2 Å². The Morgan fingerprint density at radius 3 is 3.00 bits per heavy atom. The van der Waals surface area contributed by atoms with E-state index >= 15 is 0 Å². The number of rotatable bonds is 0. The molecular formula is C12H19N. The number of nitrogens with one attached hydrogen (secondary N) is 1. The summed E-state index contributed by atoms with van der Waals surface area (Å²) in [4.78, 5) is 3.38. The Morgan fingerprint density at radius 1 is 1.23 bits per heavy atom. The van der Waals surface area contributed by atoms with E-state index in [0.29, 0.717) is 0 Å². The van der Waals surface area contributed by atoms with Crippen LogP contribution in [0.1, 0.15) is 56.2 Å². The predicted molar refractivity (Wildman–Crippen MR) is 56.0 cm³/mol. The van der Waals surface area contributed by atoms with E-state index in [1.165, 1.54) is 49.8 Å². The van der Waals surface area contributed by atoms with Gasteiger partial charge >= 0.3 is 0 Å². The number of hydrogen-bond donors (Lipinski definition) is 1. The lowest BCUT2D eigenvalue weighted by molar-refractivity contribution is 0.566. The summed E-state index contributed by atoms with van der Waals surface area (Å²) < 4.78 is 0. The highest BCUT2D eigenvalue weighted by Crippen LogP contribution is 2.24. The number of aromatic amines is 1. The van der Waals surface area contributed by atoms with Crippen LogP contribution in [0.5, 0.6) is 0 Å². The van der Waals surface area contributed by atoms with Gasteiger partial charge < -0.3 is 4.98 Å². The number of aryl methyl sites for hydroxylation is 1. The molecule has 13 heavy (non-hydrogen) atoms. The van der Waals surface area contributed by atoms with Gasteiger partial charge in [-0.1, -0.05) is 26.2 Å². The quantitative estimate of drug-likeness (QED) is 0.623. The Balaban J connectivity index is 2.14. The summed E-state index contributed by atoms with van der Waals surface area (Å²) in [7, 11) is 0. The Labute approximate surface area is 80.6 Å². The molecule has 2 bridgehead atoms. The zero-order valence-corrected chi connectivity index (χ0v) is 8.47. The smallest absolute Gasteiger partial charge is 0.0150 e. The minimum Gasteiger partial charge on any atom is -0.365 e. The largest absolute Gasteiger partial charge is 0.365 e. The van der Waals surface area contributed by atoms with Crippen molar-refractivity contribution in [2.24, 2.45) is 0 Å². The molecule has 0 fully saturated rings. The highest BCUT2D eigenvalue weighted by Gasteiger charge is 2.09. The zero-order chi connectivity index (χ0) is 9.10. The highest BCUT2D eigenvalue weighted by atomic mass is 14.7. The molecule has 0 spiro atoms. The predicted octanol–water partition coefficient (Wildman–Crippen LogP) is 3.62. The third-order valence-corrected chi connectivity index (χ3v) is 3.17. The summed E-state index contributed by atoms with van der Waals surface area (Å²) in [6.07, 6.45) is 10.4. The first-order valence-corrected chi connectivity index (χ1v) is 5.53. The van der Waals surface area contributed by atoms with Crippen LogP contribution >= 0.6 is 0 Å². The molecule has 1 nitrogen and oxygen atoms in total. The monoisotopic (exact) mass is 177 g/mol. The maximum absolute atomic E-state index is 3.38. The van der Waals surface area contributed by atoms with Gasteiger partial charge in [0.05, 0.1) is 0 Å². The Bertz CT molecular complexity index is 262. The molecule has 1 aromatic rings. The van der Waals surface area contributed by atoms with E-state index < -0.39 is 0 Å². The SMILES string of the molecule is CC1CCCCCCc2cc1c[nH]2.